The summed E-state index contributed by atoms with van der Waals surface area (Å²) in [4.78, 5) is 0. The van der Waals surface area contributed by atoms with Crippen molar-refractivity contribution in [2.45, 2.75) is 0 Å². The van der Waals surface area contributed by atoms with Gasteiger partial charge in [-0.2, -0.15) is 0 Å². The van der Waals surface area contributed by atoms with Crippen LogP contribution >= 0.6 is 0 Å². The van der Waals surface area contributed by atoms with Crippen LogP contribution in [0.2, 0.25) is 0 Å². The summed E-state index contributed by atoms with van der Waals surface area (Å²) in [5.41, 5.74) is 0. The molecule has 0 saturated carbocycles. The van der Waals surface area contributed by atoms with E-state index in [9.17, 15) is 11.5 Å². The van der Waals surface area contributed by atoms with Crippen LogP contribution in [-0.2, 0) is 0 Å². The topological polar surface area (TPSA) is 0 Å². The molecule has 0 aromatic heterocycles. The van der Waals surface area contributed by atoms with Gasteiger partial charge in [-0.05, 0) is 0 Å². The molecular formula is BF3I+. The Balaban J connectivity index is 2.54. The molecule has 0 fully saturated rings. The van der Waals surface area contributed by atoms with Crippen LogP contribution in [0.4, 0.5) is 11.5 Å². The van der Waals surface area contributed by atoms with Gasteiger partial charge in [-0.1, -0.05) is 0 Å². The second-order valence-corrected chi connectivity index (χ2v) is 1.74. The van der Waals surface area contributed by atoms with E-state index in [1.165, 1.54) is 0 Å². The van der Waals surface area contributed by atoms with Crippen molar-refractivity contribution in [3.63, 3.8) is 0 Å². The number of rotatable bonds is 1. The molecule has 0 aromatic rings. The Morgan fingerprint density at radius 2 is 1.60 bits per heavy atom. The normalized spacial score (nSPS) is 7.80. The molecule has 0 aliphatic heterocycles. The lowest BCUT2D eigenvalue weighted by atomic mass is 10.6. The molecule has 0 bridgehead atoms. The number of halogens is 4. The van der Waals surface area contributed by atoms with Gasteiger partial charge in [0, 0.05) is 2.86 Å². The van der Waals surface area contributed by atoms with Crippen LogP contribution in [-0.4, -0.2) is 5.12 Å². The Morgan fingerprint density at radius 3 is 1.60 bits per heavy atom. The summed E-state index contributed by atoms with van der Waals surface area (Å²) < 4.78 is 31.4. The standard InChI is InChI=1S/BF3I/c2-1(3)5-4/q+1. The lowest BCUT2D eigenvalue weighted by molar-refractivity contribution is -0.729. The van der Waals surface area contributed by atoms with Crippen LogP contribution in [0, 0.1) is 0 Å². The van der Waals surface area contributed by atoms with Crippen molar-refractivity contribution >= 4 is 5.12 Å². The van der Waals surface area contributed by atoms with Crippen LogP contribution < -0.4 is 21.6 Å². The lowest BCUT2D eigenvalue weighted by Crippen LogP contribution is -3.61. The maximum absolute atomic E-state index is 10.5. The quantitative estimate of drug-likeness (QED) is 0.331. The highest BCUT2D eigenvalue weighted by Crippen LogP contribution is 1.59. The van der Waals surface area contributed by atoms with Crippen molar-refractivity contribution in [2.75, 3.05) is 0 Å². The molecule has 0 spiro atoms. The van der Waals surface area contributed by atoms with Crippen LogP contribution in [0.1, 0.15) is 0 Å². The van der Waals surface area contributed by atoms with Gasteiger partial charge in [0.1, 0.15) is 0 Å². The van der Waals surface area contributed by atoms with Crippen LogP contribution in [0.15, 0.2) is 0 Å². The molecule has 0 rings (SSSR count). The molecule has 0 atom stereocenters. The molecule has 30 valence electrons. The first kappa shape index (κ1) is 5.58. The van der Waals surface area contributed by atoms with Gasteiger partial charge < -0.3 is 0 Å². The first-order chi connectivity index (χ1) is 2.27. The lowest BCUT2D eigenvalue weighted by Gasteiger charge is -1.47. The molecular weight excluding hydrogens is 195 g/mol. The largest absolute Gasteiger partial charge is 0.902 e. The minimum atomic E-state index is -2.67. The molecule has 0 aromatic carbocycles. The highest BCUT2D eigenvalue weighted by atomic mass is 127. The van der Waals surface area contributed by atoms with Crippen molar-refractivity contribution in [3.05, 3.63) is 0 Å². The zero-order valence-corrected chi connectivity index (χ0v) is 4.25. The molecule has 0 radical (unpaired) electrons. The Bertz CT molecular complexity index is 20.9. The van der Waals surface area contributed by atoms with E-state index in [4.69, 9.17) is 0 Å². The van der Waals surface area contributed by atoms with Gasteiger partial charge >= 0.3 is 26.7 Å². The summed E-state index contributed by atoms with van der Waals surface area (Å²) in [5.74, 6) is 0. The van der Waals surface area contributed by atoms with Gasteiger partial charge in [-0.3, -0.25) is 0 Å². The third kappa shape index (κ3) is 4.58. The minimum absolute atomic E-state index is 2.29. The predicted molar refractivity (Wildman–Crippen MR) is 9.08 cm³/mol. The second kappa shape index (κ2) is 2.80. The van der Waals surface area contributed by atoms with Gasteiger partial charge in [-0.25, -0.2) is 8.63 Å². The highest BCUT2D eigenvalue weighted by molar-refractivity contribution is 6.30. The Kier molecular flexibility index (Phi) is 3.13. The highest BCUT2D eigenvalue weighted by Gasteiger charge is 2.38. The van der Waals surface area contributed by atoms with Crippen molar-refractivity contribution in [3.8, 4) is 0 Å². The maximum atomic E-state index is 10.5. The average molecular weight is 195 g/mol. The van der Waals surface area contributed by atoms with E-state index >= 15 is 0 Å². The second-order valence-electron chi connectivity index (χ2n) is 0.330. The Morgan fingerprint density at radius 1 is 1.40 bits per heavy atom. The van der Waals surface area contributed by atoms with Gasteiger partial charge in [0.2, 0.25) is 0 Å². The van der Waals surface area contributed by atoms with E-state index in [2.05, 4.69) is 0 Å². The van der Waals surface area contributed by atoms with E-state index in [1.54, 1.807) is 0 Å². The summed E-state index contributed by atoms with van der Waals surface area (Å²) in [6.45, 7) is 0. The summed E-state index contributed by atoms with van der Waals surface area (Å²) in [7, 11) is 0. The monoisotopic (exact) mass is 195 g/mol. The van der Waals surface area contributed by atoms with E-state index in [-0.39, 0.29) is 0 Å². The maximum Gasteiger partial charge on any atom is 0.902 e. The SMILES string of the molecule is F[I+]B(F)F. The third-order valence-corrected chi connectivity index (χ3v) is 0.418. The zero-order valence-electron chi connectivity index (χ0n) is 2.09. The van der Waals surface area contributed by atoms with Crippen LogP contribution in [0.25, 0.3) is 0 Å². The molecule has 0 heterocycles. The first-order valence-corrected chi connectivity index (χ1v) is 2.86. The molecule has 0 unspecified atom stereocenters. The van der Waals surface area contributed by atoms with Crippen molar-refractivity contribution in [1.82, 2.24) is 0 Å². The molecule has 0 saturated heterocycles. The number of hydrogen-bond acceptors (Lipinski definition) is 0. The van der Waals surface area contributed by atoms with Gasteiger partial charge in [0.05, 0.1) is 0 Å². The summed E-state index contributed by atoms with van der Waals surface area (Å²) in [6.07, 6.45) is 0. The third-order valence-electron chi connectivity index (χ3n) is 0.0623. The fourth-order valence-electron chi connectivity index (χ4n) is 0. The van der Waals surface area contributed by atoms with Gasteiger partial charge in [-0.15, -0.1) is 0 Å². The molecule has 0 amide bonds. The fourth-order valence-corrected chi connectivity index (χ4v) is 0. The van der Waals surface area contributed by atoms with Crippen molar-refractivity contribution in [2.24, 2.45) is 0 Å². The predicted octanol–water partition coefficient (Wildman–Crippen LogP) is -2.12. The van der Waals surface area contributed by atoms with E-state index in [0.29, 0.717) is 0 Å². The molecule has 5 heteroatoms. The van der Waals surface area contributed by atoms with Crippen LogP contribution in [0.3, 0.4) is 0 Å². The van der Waals surface area contributed by atoms with Crippen molar-refractivity contribution < 1.29 is 33.1 Å². The summed E-state index contributed by atoms with van der Waals surface area (Å²) in [6, 6.07) is 0. The average Bonchev–Trinajstić information content (AvgIpc) is 1.38. The van der Waals surface area contributed by atoms with Gasteiger partial charge in [0.25, 0.3) is 0 Å². The zero-order chi connectivity index (χ0) is 4.28. The molecule has 5 heavy (non-hydrogen) atoms. The molecule has 0 aliphatic rings. The molecule has 0 aliphatic carbocycles. The summed E-state index contributed by atoms with van der Waals surface area (Å²) >= 11 is -2.29. The first-order valence-electron chi connectivity index (χ1n) is 0.798. The Labute approximate surface area is 38.7 Å². The van der Waals surface area contributed by atoms with E-state index in [1.807, 2.05) is 0 Å². The fraction of sp³-hybridized carbons (Fsp3) is 0. The van der Waals surface area contributed by atoms with Crippen LogP contribution in [0.5, 0.6) is 0 Å². The van der Waals surface area contributed by atoms with E-state index < -0.39 is 26.7 Å². The smallest absolute Gasteiger partial charge is 0.235 e. The van der Waals surface area contributed by atoms with Gasteiger partial charge in [0.15, 0.2) is 0 Å². The minimum Gasteiger partial charge on any atom is -0.235 e. The Hall–Kier alpha value is 0.585. The van der Waals surface area contributed by atoms with E-state index in [0.717, 1.165) is 0 Å². The molecule has 0 N–H and O–H groups in total. The molecule has 0 nitrogen and oxygen atoms in total. The van der Waals surface area contributed by atoms with Crippen molar-refractivity contribution in [1.29, 1.82) is 0 Å². The summed E-state index contributed by atoms with van der Waals surface area (Å²) in [5, 5.41) is -2.67. The number of hydrogen-bond donors (Lipinski definition) is 0.